The molecule has 0 spiro atoms. The Morgan fingerprint density at radius 2 is 2.33 bits per heavy atom. The van der Waals surface area contributed by atoms with Gasteiger partial charge in [0, 0.05) is 5.75 Å². The number of nitrogen functional groups attached to an aromatic ring is 1. The Hall–Kier alpha value is -1.08. The van der Waals surface area contributed by atoms with Crippen LogP contribution >= 0.6 is 11.8 Å². The zero-order chi connectivity index (χ0) is 12.8. The van der Waals surface area contributed by atoms with E-state index in [1.807, 2.05) is 17.2 Å². The Kier molecular flexibility index (Phi) is 5.00. The maximum absolute atomic E-state index is 11.2. The number of nitrogens with two attached hydrogens (primary N) is 1. The zero-order valence-corrected chi connectivity index (χ0v) is 11.2. The number of carbonyl (C=O) groups excluding carboxylic acids is 1. The minimum atomic E-state index is -0.403. The molecule has 1 aliphatic rings. The van der Waals surface area contributed by atoms with Crippen molar-refractivity contribution in [2.45, 2.75) is 32.2 Å². The summed E-state index contributed by atoms with van der Waals surface area (Å²) in [6, 6.07) is 0. The summed E-state index contributed by atoms with van der Waals surface area (Å²) in [6.45, 7) is 0.780. The second-order valence-corrected chi connectivity index (χ2v) is 5.72. The van der Waals surface area contributed by atoms with Gasteiger partial charge in [-0.25, -0.2) is 5.84 Å². The number of hydrazine groups is 1. The largest absolute Gasteiger partial charge is 0.289 e. The molecule has 0 aliphatic heterocycles. The summed E-state index contributed by atoms with van der Waals surface area (Å²) in [7, 11) is 0. The number of aryl methyl sites for hydroxylation is 1. The summed E-state index contributed by atoms with van der Waals surface area (Å²) in [4.78, 5) is 11.2. The molecule has 18 heavy (non-hydrogen) atoms. The van der Waals surface area contributed by atoms with E-state index >= 15 is 0 Å². The topological polar surface area (TPSA) is 85.8 Å². The van der Waals surface area contributed by atoms with E-state index in [0.29, 0.717) is 0 Å². The molecule has 0 aromatic carbocycles. The van der Waals surface area contributed by atoms with Gasteiger partial charge >= 0.3 is 0 Å². The van der Waals surface area contributed by atoms with E-state index in [1.54, 1.807) is 10.9 Å². The number of nitrogens with zero attached hydrogens (tertiary/aromatic N) is 3. The fourth-order valence-electron chi connectivity index (χ4n) is 2.17. The monoisotopic (exact) mass is 269 g/mol. The molecule has 2 rings (SSSR count). The smallest absolute Gasteiger partial charge is 0.287 e. The van der Waals surface area contributed by atoms with Crippen molar-refractivity contribution < 1.29 is 4.79 Å². The van der Waals surface area contributed by atoms with Crippen LogP contribution in [0.25, 0.3) is 0 Å². The second kappa shape index (κ2) is 6.75. The van der Waals surface area contributed by atoms with E-state index in [2.05, 4.69) is 10.3 Å². The number of nitrogens with one attached hydrogen (secondary N) is 1. The van der Waals surface area contributed by atoms with E-state index in [0.717, 1.165) is 18.2 Å². The zero-order valence-electron chi connectivity index (χ0n) is 10.3. The summed E-state index contributed by atoms with van der Waals surface area (Å²) >= 11 is 1.95. The maximum atomic E-state index is 11.2. The normalized spacial score (nSPS) is 16.1. The fraction of sp³-hybridized carbons (Fsp3) is 0.727. The first-order valence-corrected chi connectivity index (χ1v) is 7.44. The molecule has 100 valence electrons. The van der Waals surface area contributed by atoms with Crippen LogP contribution in [0.15, 0.2) is 6.20 Å². The second-order valence-electron chi connectivity index (χ2n) is 4.57. The molecule has 0 radical (unpaired) electrons. The average molecular weight is 269 g/mol. The van der Waals surface area contributed by atoms with Gasteiger partial charge in [-0.2, -0.15) is 11.8 Å². The van der Waals surface area contributed by atoms with Crippen molar-refractivity contribution in [3.8, 4) is 0 Å². The summed E-state index contributed by atoms with van der Waals surface area (Å²) in [5.41, 5.74) is 2.30. The molecule has 6 nitrogen and oxygen atoms in total. The highest BCUT2D eigenvalue weighted by molar-refractivity contribution is 7.99. The molecular weight excluding hydrogens is 250 g/mol. The SMILES string of the molecule is NNC(=O)c1cn(CCSCC2CCCC2)nn1. The van der Waals surface area contributed by atoms with Crippen LogP contribution in [-0.4, -0.2) is 32.4 Å². The highest BCUT2D eigenvalue weighted by atomic mass is 32.2. The summed E-state index contributed by atoms with van der Waals surface area (Å²) in [5, 5.41) is 7.65. The van der Waals surface area contributed by atoms with Crippen molar-refractivity contribution in [1.29, 1.82) is 0 Å². The first kappa shape index (κ1) is 13.4. The van der Waals surface area contributed by atoms with Gasteiger partial charge in [0.25, 0.3) is 5.91 Å². The van der Waals surface area contributed by atoms with Crippen LogP contribution in [-0.2, 0) is 6.54 Å². The van der Waals surface area contributed by atoms with Gasteiger partial charge < -0.3 is 0 Å². The van der Waals surface area contributed by atoms with Crippen LogP contribution in [0, 0.1) is 5.92 Å². The Bertz CT molecular complexity index is 389. The first-order valence-electron chi connectivity index (χ1n) is 6.28. The van der Waals surface area contributed by atoms with E-state index in [1.165, 1.54) is 31.4 Å². The lowest BCUT2D eigenvalue weighted by Crippen LogP contribution is -2.30. The minimum absolute atomic E-state index is 0.262. The molecule has 7 heteroatoms. The number of hydrogen-bond donors (Lipinski definition) is 2. The van der Waals surface area contributed by atoms with Crippen LogP contribution in [0.1, 0.15) is 36.2 Å². The Balaban J connectivity index is 1.66. The molecule has 1 aromatic heterocycles. The lowest BCUT2D eigenvalue weighted by atomic mass is 10.1. The molecule has 0 atom stereocenters. The van der Waals surface area contributed by atoms with Gasteiger partial charge in [-0.05, 0) is 24.5 Å². The number of aromatic nitrogens is 3. The number of thioether (sulfide) groups is 1. The van der Waals surface area contributed by atoms with Crippen molar-refractivity contribution in [1.82, 2.24) is 20.4 Å². The van der Waals surface area contributed by atoms with Gasteiger partial charge in [-0.1, -0.05) is 18.1 Å². The Morgan fingerprint density at radius 3 is 3.06 bits per heavy atom. The van der Waals surface area contributed by atoms with Crippen molar-refractivity contribution in [3.05, 3.63) is 11.9 Å². The number of carbonyl (C=O) groups is 1. The predicted molar refractivity (Wildman–Crippen MR) is 71.0 cm³/mol. The highest BCUT2D eigenvalue weighted by Crippen LogP contribution is 2.27. The molecule has 1 amide bonds. The minimum Gasteiger partial charge on any atom is -0.289 e. The Morgan fingerprint density at radius 1 is 1.56 bits per heavy atom. The summed E-state index contributed by atoms with van der Waals surface area (Å²) in [5.74, 6) is 7.77. The number of amides is 1. The average Bonchev–Trinajstić information content (AvgIpc) is 3.05. The van der Waals surface area contributed by atoms with Gasteiger partial charge in [0.15, 0.2) is 5.69 Å². The fourth-order valence-corrected chi connectivity index (χ4v) is 3.32. The van der Waals surface area contributed by atoms with Gasteiger partial charge in [-0.15, -0.1) is 5.10 Å². The molecule has 1 aliphatic carbocycles. The van der Waals surface area contributed by atoms with Crippen LogP contribution in [0.4, 0.5) is 0 Å². The first-order chi connectivity index (χ1) is 8.79. The van der Waals surface area contributed by atoms with E-state index < -0.39 is 5.91 Å². The molecule has 1 saturated carbocycles. The molecule has 1 heterocycles. The van der Waals surface area contributed by atoms with Crippen LogP contribution in [0.5, 0.6) is 0 Å². The lowest BCUT2D eigenvalue weighted by Gasteiger charge is -2.07. The van der Waals surface area contributed by atoms with Gasteiger partial charge in [0.1, 0.15) is 0 Å². The standard InChI is InChI=1S/C11H19N5OS/c12-13-11(17)10-7-16(15-14-10)5-6-18-8-9-3-1-2-4-9/h7,9H,1-6,8,12H2,(H,13,17). The third-order valence-corrected chi connectivity index (χ3v) is 4.37. The van der Waals surface area contributed by atoms with Gasteiger partial charge in [-0.3, -0.25) is 14.9 Å². The summed E-state index contributed by atoms with van der Waals surface area (Å²) in [6.07, 6.45) is 7.18. The molecule has 1 fully saturated rings. The van der Waals surface area contributed by atoms with Crippen molar-refractivity contribution in [3.63, 3.8) is 0 Å². The van der Waals surface area contributed by atoms with Gasteiger partial charge in [0.05, 0.1) is 12.7 Å². The number of hydrogen-bond acceptors (Lipinski definition) is 5. The van der Waals surface area contributed by atoms with Gasteiger partial charge in [0.2, 0.25) is 0 Å². The predicted octanol–water partition coefficient (Wildman–Crippen LogP) is 0.805. The van der Waals surface area contributed by atoms with Crippen LogP contribution in [0.3, 0.4) is 0 Å². The molecule has 1 aromatic rings. The number of rotatable bonds is 6. The van der Waals surface area contributed by atoms with Crippen LogP contribution < -0.4 is 11.3 Å². The lowest BCUT2D eigenvalue weighted by molar-refractivity contribution is 0.0948. The molecule has 3 N–H and O–H groups in total. The van der Waals surface area contributed by atoms with E-state index in [9.17, 15) is 4.79 Å². The van der Waals surface area contributed by atoms with E-state index in [4.69, 9.17) is 5.84 Å². The third-order valence-electron chi connectivity index (χ3n) is 3.20. The van der Waals surface area contributed by atoms with Crippen LogP contribution in [0.2, 0.25) is 0 Å². The summed E-state index contributed by atoms with van der Waals surface area (Å²) < 4.78 is 1.69. The van der Waals surface area contributed by atoms with Crippen molar-refractivity contribution in [2.24, 2.45) is 11.8 Å². The van der Waals surface area contributed by atoms with E-state index in [-0.39, 0.29) is 5.69 Å². The molecule has 0 bridgehead atoms. The third kappa shape index (κ3) is 3.71. The molecule has 0 unspecified atom stereocenters. The Labute approximate surface area is 111 Å². The molecule has 0 saturated heterocycles. The highest BCUT2D eigenvalue weighted by Gasteiger charge is 2.14. The van der Waals surface area contributed by atoms with Crippen molar-refractivity contribution >= 4 is 17.7 Å². The van der Waals surface area contributed by atoms with Crippen molar-refractivity contribution in [2.75, 3.05) is 11.5 Å². The quantitative estimate of drug-likeness (QED) is 0.345. The maximum Gasteiger partial charge on any atom is 0.287 e. The molecular formula is C11H19N5OS.